The molecule has 3 heterocycles. The smallest absolute Gasteiger partial charge is 0.380 e. The van der Waals surface area contributed by atoms with Crippen LogP contribution in [0.4, 0.5) is 28.9 Å². The predicted molar refractivity (Wildman–Crippen MR) is 157 cm³/mol. The number of aromatic nitrogens is 2. The molecule has 43 heavy (non-hydrogen) atoms. The second kappa shape index (κ2) is 12.1. The Morgan fingerprint density at radius 2 is 1.91 bits per heavy atom. The van der Waals surface area contributed by atoms with Gasteiger partial charge in [0.1, 0.15) is 11.5 Å². The Kier molecular flexibility index (Phi) is 8.52. The number of anilines is 2. The fraction of sp³-hybridized carbons (Fsp3) is 0.323. The molecule has 2 aromatic heterocycles. The summed E-state index contributed by atoms with van der Waals surface area (Å²) in [5.41, 5.74) is 1.12. The average molecular weight is 597 g/mol. The number of likely N-dealkylation sites (N-methyl/N-ethyl adjacent to an activating group) is 1. The maximum absolute atomic E-state index is 14.6. The van der Waals surface area contributed by atoms with Gasteiger partial charge in [0.2, 0.25) is 0 Å². The molecule has 0 radical (unpaired) electrons. The standard InChI is InChI=1S/C31H32F4N6O2/c1-18(42)27-13-22-11-23(15-37-29(22)38-27)36-14-19-4-7-26(32)28(10-19)39-30(43)20-5-6-21(25(12-20)31(33,34)35)16-41-9-8-24(17-41)40(2)3/h4-7,10-13,15,24,36H,8-9,14,16-17H2,1-3H3,(H,37,38)(H,39,43). The van der Waals surface area contributed by atoms with Gasteiger partial charge >= 0.3 is 6.18 Å². The SMILES string of the molecule is CC(=O)c1cc2cc(NCc3ccc(F)c(NC(=O)c4ccc(CN5CCC(N(C)C)C5)c(C(F)(F)F)c4)c3)cnc2[nH]1. The zero-order valence-electron chi connectivity index (χ0n) is 24.0. The number of ketones is 1. The van der Waals surface area contributed by atoms with Crippen LogP contribution in [0.1, 0.15) is 50.9 Å². The number of fused-ring (bicyclic) bond motifs is 1. The Hall–Kier alpha value is -4.29. The number of likely N-dealkylation sites (tertiary alicyclic amines) is 1. The van der Waals surface area contributed by atoms with Crippen molar-refractivity contribution in [2.75, 3.05) is 37.8 Å². The molecule has 1 amide bonds. The van der Waals surface area contributed by atoms with E-state index in [-0.39, 0.29) is 41.7 Å². The Labute approximate surface area is 246 Å². The molecular formula is C31H32F4N6O2. The second-order valence-electron chi connectivity index (χ2n) is 11.0. The maximum atomic E-state index is 14.6. The van der Waals surface area contributed by atoms with Gasteiger partial charge in [-0.2, -0.15) is 13.2 Å². The monoisotopic (exact) mass is 596 g/mol. The van der Waals surface area contributed by atoms with Crippen molar-refractivity contribution in [3.63, 3.8) is 0 Å². The third kappa shape index (κ3) is 7.03. The van der Waals surface area contributed by atoms with E-state index >= 15 is 0 Å². The van der Waals surface area contributed by atoms with Crippen LogP contribution in [0.5, 0.6) is 0 Å². The molecule has 1 saturated heterocycles. The second-order valence-corrected chi connectivity index (χ2v) is 11.0. The normalized spacial score (nSPS) is 15.8. The minimum absolute atomic E-state index is 0.0903. The number of alkyl halides is 3. The lowest BCUT2D eigenvalue weighted by Gasteiger charge is -2.22. The average Bonchev–Trinajstić information content (AvgIpc) is 3.60. The van der Waals surface area contributed by atoms with Crippen LogP contribution in [0.15, 0.2) is 54.7 Å². The van der Waals surface area contributed by atoms with Crippen LogP contribution < -0.4 is 10.6 Å². The summed E-state index contributed by atoms with van der Waals surface area (Å²) in [6, 6.07) is 11.4. The minimum atomic E-state index is -4.66. The van der Waals surface area contributed by atoms with Gasteiger partial charge < -0.3 is 20.5 Å². The molecule has 4 aromatic rings. The molecule has 226 valence electrons. The van der Waals surface area contributed by atoms with Crippen LogP contribution in [0.2, 0.25) is 0 Å². The minimum Gasteiger partial charge on any atom is -0.380 e. The maximum Gasteiger partial charge on any atom is 0.416 e. The van der Waals surface area contributed by atoms with E-state index in [0.29, 0.717) is 35.7 Å². The van der Waals surface area contributed by atoms with Crippen LogP contribution in [-0.4, -0.2) is 64.7 Å². The number of amides is 1. The number of halogens is 4. The summed E-state index contributed by atoms with van der Waals surface area (Å²) in [7, 11) is 3.90. The quantitative estimate of drug-likeness (QED) is 0.164. The summed E-state index contributed by atoms with van der Waals surface area (Å²) in [6.07, 6.45) is -2.20. The van der Waals surface area contributed by atoms with E-state index in [1.54, 1.807) is 12.3 Å². The number of carbonyl (C=O) groups is 2. The van der Waals surface area contributed by atoms with Gasteiger partial charge in [-0.15, -0.1) is 0 Å². The topological polar surface area (TPSA) is 93.4 Å². The van der Waals surface area contributed by atoms with Gasteiger partial charge in [0.15, 0.2) is 5.78 Å². The molecule has 12 heteroatoms. The fourth-order valence-electron chi connectivity index (χ4n) is 5.22. The van der Waals surface area contributed by atoms with Crippen molar-refractivity contribution >= 4 is 34.1 Å². The first kappa shape index (κ1) is 30.2. The summed E-state index contributed by atoms with van der Waals surface area (Å²) < 4.78 is 56.7. The number of benzene rings is 2. The summed E-state index contributed by atoms with van der Waals surface area (Å²) in [4.78, 5) is 35.9. The lowest BCUT2D eigenvalue weighted by molar-refractivity contribution is -0.138. The highest BCUT2D eigenvalue weighted by atomic mass is 19.4. The largest absolute Gasteiger partial charge is 0.416 e. The van der Waals surface area contributed by atoms with Crippen LogP contribution in [0, 0.1) is 5.82 Å². The van der Waals surface area contributed by atoms with Crippen LogP contribution in [0.25, 0.3) is 11.0 Å². The number of rotatable bonds is 9. The Balaban J connectivity index is 1.28. The van der Waals surface area contributed by atoms with Gasteiger partial charge in [0.25, 0.3) is 5.91 Å². The van der Waals surface area contributed by atoms with Crippen molar-refractivity contribution in [3.8, 4) is 0 Å². The van der Waals surface area contributed by atoms with Gasteiger partial charge in [-0.05, 0) is 68.0 Å². The highest BCUT2D eigenvalue weighted by Gasteiger charge is 2.35. The fourth-order valence-corrected chi connectivity index (χ4v) is 5.22. The number of aromatic amines is 1. The van der Waals surface area contributed by atoms with E-state index in [2.05, 4.69) is 25.5 Å². The molecule has 0 saturated carbocycles. The number of H-pyrrole nitrogens is 1. The number of pyridine rings is 1. The van der Waals surface area contributed by atoms with Gasteiger partial charge in [0.05, 0.1) is 28.8 Å². The molecule has 1 unspecified atom stereocenters. The van der Waals surface area contributed by atoms with Gasteiger partial charge in [-0.1, -0.05) is 12.1 Å². The highest BCUT2D eigenvalue weighted by molar-refractivity contribution is 6.04. The molecule has 1 aliphatic rings. The van der Waals surface area contributed by atoms with E-state index in [9.17, 15) is 27.2 Å². The van der Waals surface area contributed by atoms with E-state index in [4.69, 9.17) is 0 Å². The summed E-state index contributed by atoms with van der Waals surface area (Å²) in [6.45, 7) is 3.17. The third-order valence-electron chi connectivity index (χ3n) is 7.67. The Bertz CT molecular complexity index is 1670. The lowest BCUT2D eigenvalue weighted by atomic mass is 10.0. The van der Waals surface area contributed by atoms with E-state index in [0.717, 1.165) is 17.9 Å². The number of nitrogens with zero attached hydrogens (tertiary/aromatic N) is 3. The lowest BCUT2D eigenvalue weighted by Crippen LogP contribution is -2.31. The molecule has 3 N–H and O–H groups in total. The summed E-state index contributed by atoms with van der Waals surface area (Å²) in [5.74, 6) is -1.68. The van der Waals surface area contributed by atoms with Gasteiger partial charge in [0, 0.05) is 50.1 Å². The molecule has 8 nitrogen and oxygen atoms in total. The van der Waals surface area contributed by atoms with Gasteiger partial charge in [-0.25, -0.2) is 9.37 Å². The number of hydrogen-bond acceptors (Lipinski definition) is 6. The zero-order chi connectivity index (χ0) is 30.9. The molecule has 1 atom stereocenters. The highest BCUT2D eigenvalue weighted by Crippen LogP contribution is 2.34. The molecule has 5 rings (SSSR count). The molecule has 0 aliphatic carbocycles. The van der Waals surface area contributed by atoms with Gasteiger partial charge in [-0.3, -0.25) is 14.5 Å². The van der Waals surface area contributed by atoms with E-state index in [1.807, 2.05) is 25.1 Å². The zero-order valence-corrected chi connectivity index (χ0v) is 24.0. The Morgan fingerprint density at radius 3 is 2.60 bits per heavy atom. The molecule has 2 aromatic carbocycles. The van der Waals surface area contributed by atoms with Crippen LogP contribution in [-0.2, 0) is 19.3 Å². The number of nitrogens with one attached hydrogen (secondary N) is 3. The van der Waals surface area contributed by atoms with Crippen molar-refractivity contribution in [3.05, 3.63) is 88.5 Å². The molecular weight excluding hydrogens is 564 g/mol. The van der Waals surface area contributed by atoms with Crippen LogP contribution >= 0.6 is 0 Å². The first-order chi connectivity index (χ1) is 20.4. The molecule has 1 aliphatic heterocycles. The number of Topliss-reactive ketones (excluding diaryl/α,β-unsaturated/α-hetero) is 1. The van der Waals surface area contributed by atoms with Crippen LogP contribution in [0.3, 0.4) is 0 Å². The van der Waals surface area contributed by atoms with E-state index < -0.39 is 23.5 Å². The van der Waals surface area contributed by atoms with Crippen molar-refractivity contribution in [2.45, 2.75) is 38.7 Å². The molecule has 1 fully saturated rings. The van der Waals surface area contributed by atoms with Crippen molar-refractivity contribution < 1.29 is 27.2 Å². The summed E-state index contributed by atoms with van der Waals surface area (Å²) >= 11 is 0. The Morgan fingerprint density at radius 1 is 1.12 bits per heavy atom. The van der Waals surface area contributed by atoms with Crippen molar-refractivity contribution in [2.24, 2.45) is 0 Å². The summed E-state index contributed by atoms with van der Waals surface area (Å²) in [5, 5.41) is 6.32. The number of carbonyl (C=O) groups excluding carboxylic acids is 2. The van der Waals surface area contributed by atoms with E-state index in [1.165, 1.54) is 37.3 Å². The number of hydrogen-bond donors (Lipinski definition) is 3. The predicted octanol–water partition coefficient (Wildman–Crippen LogP) is 5.92. The van der Waals surface area contributed by atoms with Crippen molar-refractivity contribution in [1.82, 2.24) is 19.8 Å². The molecule has 0 bridgehead atoms. The van der Waals surface area contributed by atoms with Crippen molar-refractivity contribution in [1.29, 1.82) is 0 Å². The first-order valence-electron chi connectivity index (χ1n) is 13.8. The first-order valence-corrected chi connectivity index (χ1v) is 13.8. The third-order valence-corrected chi connectivity index (χ3v) is 7.67. The molecule has 0 spiro atoms.